The lowest BCUT2D eigenvalue weighted by Crippen LogP contribution is -2.25. The Kier molecular flexibility index (Phi) is 6.90. The van der Waals surface area contributed by atoms with Crippen LogP contribution in [0.2, 0.25) is 0 Å². The van der Waals surface area contributed by atoms with Crippen molar-refractivity contribution in [1.82, 2.24) is 15.1 Å². The standard InChI is InChI=1S/C22H25N3O5/c1-15-13-16(2)25(24-15)12-4-11-23-21(26)20-10-9-19(30-20)14-29-18-7-5-17(6-8-18)22(27)28-3/h5-10,13H,4,11-12,14H2,1-3H3,(H,23,26). The number of aryl methyl sites for hydroxylation is 3. The number of carbonyl (C=O) groups is 2. The molecule has 1 amide bonds. The van der Waals surface area contributed by atoms with Gasteiger partial charge < -0.3 is 19.2 Å². The van der Waals surface area contributed by atoms with Crippen LogP contribution in [-0.2, 0) is 17.9 Å². The Bertz CT molecular complexity index is 1000. The smallest absolute Gasteiger partial charge is 0.337 e. The molecule has 2 aromatic heterocycles. The molecule has 0 fully saturated rings. The number of carbonyl (C=O) groups excluding carboxylic acids is 2. The van der Waals surface area contributed by atoms with E-state index in [1.807, 2.05) is 24.6 Å². The third-order valence-corrected chi connectivity index (χ3v) is 4.48. The van der Waals surface area contributed by atoms with Crippen LogP contribution in [0.4, 0.5) is 0 Å². The summed E-state index contributed by atoms with van der Waals surface area (Å²) in [7, 11) is 1.33. The second kappa shape index (κ2) is 9.78. The zero-order chi connectivity index (χ0) is 21.5. The first-order chi connectivity index (χ1) is 14.5. The van der Waals surface area contributed by atoms with Gasteiger partial charge in [-0.1, -0.05) is 0 Å². The average Bonchev–Trinajstić information content (AvgIpc) is 3.35. The molecular formula is C22H25N3O5. The highest BCUT2D eigenvalue weighted by atomic mass is 16.5. The molecule has 8 nitrogen and oxygen atoms in total. The number of nitrogens with one attached hydrogen (secondary N) is 1. The maximum absolute atomic E-state index is 12.2. The van der Waals surface area contributed by atoms with Gasteiger partial charge in [-0.2, -0.15) is 5.10 Å². The number of benzene rings is 1. The maximum atomic E-state index is 12.2. The first-order valence-corrected chi connectivity index (χ1v) is 9.65. The SMILES string of the molecule is COC(=O)c1ccc(OCc2ccc(C(=O)NCCCn3nc(C)cc3C)o2)cc1. The second-order valence-corrected chi connectivity index (χ2v) is 6.83. The van der Waals surface area contributed by atoms with Crippen molar-refractivity contribution in [2.24, 2.45) is 0 Å². The molecule has 1 aromatic carbocycles. The quantitative estimate of drug-likeness (QED) is 0.429. The molecule has 0 radical (unpaired) electrons. The zero-order valence-corrected chi connectivity index (χ0v) is 17.3. The number of aromatic nitrogens is 2. The molecule has 8 heteroatoms. The second-order valence-electron chi connectivity index (χ2n) is 6.83. The van der Waals surface area contributed by atoms with Gasteiger partial charge in [-0.05, 0) is 62.7 Å². The Balaban J connectivity index is 1.43. The third kappa shape index (κ3) is 5.50. The van der Waals surface area contributed by atoms with Crippen molar-refractivity contribution in [3.63, 3.8) is 0 Å². The molecule has 158 valence electrons. The van der Waals surface area contributed by atoms with Crippen LogP contribution >= 0.6 is 0 Å². The Morgan fingerprint density at radius 2 is 1.90 bits per heavy atom. The lowest BCUT2D eigenvalue weighted by molar-refractivity contribution is 0.0600. The molecule has 3 aromatic rings. The third-order valence-electron chi connectivity index (χ3n) is 4.48. The number of hydrogen-bond donors (Lipinski definition) is 1. The summed E-state index contributed by atoms with van der Waals surface area (Å²) in [6, 6.07) is 11.9. The van der Waals surface area contributed by atoms with Crippen LogP contribution in [0, 0.1) is 13.8 Å². The van der Waals surface area contributed by atoms with Gasteiger partial charge in [-0.15, -0.1) is 0 Å². The van der Waals surface area contributed by atoms with Gasteiger partial charge in [0, 0.05) is 18.8 Å². The van der Waals surface area contributed by atoms with Crippen LogP contribution < -0.4 is 10.1 Å². The van der Waals surface area contributed by atoms with Crippen molar-refractivity contribution in [3.05, 3.63) is 70.9 Å². The number of esters is 1. The van der Waals surface area contributed by atoms with Crippen LogP contribution in [0.1, 0.15) is 44.5 Å². The molecule has 0 spiro atoms. The maximum Gasteiger partial charge on any atom is 0.337 e. The average molecular weight is 411 g/mol. The molecule has 0 aliphatic rings. The number of methoxy groups -OCH3 is 1. The van der Waals surface area contributed by atoms with E-state index >= 15 is 0 Å². The van der Waals surface area contributed by atoms with Crippen molar-refractivity contribution in [2.75, 3.05) is 13.7 Å². The molecular weight excluding hydrogens is 386 g/mol. The number of hydrogen-bond acceptors (Lipinski definition) is 6. The predicted molar refractivity (Wildman–Crippen MR) is 109 cm³/mol. The minimum absolute atomic E-state index is 0.169. The molecule has 2 heterocycles. The molecule has 0 bridgehead atoms. The number of amides is 1. The summed E-state index contributed by atoms with van der Waals surface area (Å²) < 4.78 is 17.8. The van der Waals surface area contributed by atoms with Gasteiger partial charge in [0.25, 0.3) is 5.91 Å². The highest BCUT2D eigenvalue weighted by Gasteiger charge is 2.12. The molecule has 0 aliphatic carbocycles. The van der Waals surface area contributed by atoms with Gasteiger partial charge in [0.15, 0.2) is 5.76 Å². The van der Waals surface area contributed by atoms with Crippen molar-refractivity contribution in [3.8, 4) is 5.75 Å². The van der Waals surface area contributed by atoms with E-state index in [4.69, 9.17) is 9.15 Å². The van der Waals surface area contributed by atoms with E-state index in [0.717, 1.165) is 24.4 Å². The largest absolute Gasteiger partial charge is 0.486 e. The monoisotopic (exact) mass is 411 g/mol. The summed E-state index contributed by atoms with van der Waals surface area (Å²) in [5, 5.41) is 7.25. The number of rotatable bonds is 9. The van der Waals surface area contributed by atoms with Crippen LogP contribution in [0.15, 0.2) is 46.9 Å². The summed E-state index contributed by atoms with van der Waals surface area (Å²) in [4.78, 5) is 23.7. The van der Waals surface area contributed by atoms with Crippen molar-refractivity contribution in [1.29, 1.82) is 0 Å². The summed E-state index contributed by atoms with van der Waals surface area (Å²) in [5.74, 6) is 0.671. The summed E-state index contributed by atoms with van der Waals surface area (Å²) in [6.07, 6.45) is 0.770. The fraction of sp³-hybridized carbons (Fsp3) is 0.318. The lowest BCUT2D eigenvalue weighted by atomic mass is 10.2. The topological polar surface area (TPSA) is 95.6 Å². The molecule has 3 rings (SSSR count). The van der Waals surface area contributed by atoms with E-state index in [0.29, 0.717) is 23.6 Å². The predicted octanol–water partition coefficient (Wildman–Crippen LogP) is 3.28. The molecule has 0 saturated carbocycles. The molecule has 0 unspecified atom stereocenters. The highest BCUT2D eigenvalue weighted by molar-refractivity contribution is 5.91. The fourth-order valence-electron chi connectivity index (χ4n) is 2.96. The normalized spacial score (nSPS) is 10.6. The van der Waals surface area contributed by atoms with Gasteiger partial charge in [0.2, 0.25) is 0 Å². The Morgan fingerprint density at radius 3 is 2.57 bits per heavy atom. The lowest BCUT2D eigenvalue weighted by Gasteiger charge is -2.06. The minimum atomic E-state index is -0.405. The van der Waals surface area contributed by atoms with E-state index in [1.165, 1.54) is 7.11 Å². The van der Waals surface area contributed by atoms with Gasteiger partial charge in [0.05, 0.1) is 18.4 Å². The van der Waals surface area contributed by atoms with Gasteiger partial charge in [-0.25, -0.2) is 4.79 Å². The Morgan fingerprint density at radius 1 is 1.13 bits per heavy atom. The molecule has 0 aliphatic heterocycles. The molecule has 0 saturated heterocycles. The van der Waals surface area contributed by atoms with Gasteiger partial charge >= 0.3 is 5.97 Å². The van der Waals surface area contributed by atoms with Crippen molar-refractivity contribution >= 4 is 11.9 Å². The van der Waals surface area contributed by atoms with E-state index < -0.39 is 5.97 Å². The van der Waals surface area contributed by atoms with Gasteiger partial charge in [-0.3, -0.25) is 9.48 Å². The van der Waals surface area contributed by atoms with Crippen molar-refractivity contribution in [2.45, 2.75) is 33.4 Å². The summed E-state index contributed by atoms with van der Waals surface area (Å²) in [6.45, 7) is 5.41. The van der Waals surface area contributed by atoms with Crippen LogP contribution in [0.25, 0.3) is 0 Å². The van der Waals surface area contributed by atoms with E-state index in [-0.39, 0.29) is 18.3 Å². The van der Waals surface area contributed by atoms with Crippen LogP contribution in [0.5, 0.6) is 5.75 Å². The number of nitrogens with zero attached hydrogens (tertiary/aromatic N) is 2. The minimum Gasteiger partial charge on any atom is -0.486 e. The van der Waals surface area contributed by atoms with Crippen molar-refractivity contribution < 1.29 is 23.5 Å². The fourth-order valence-corrected chi connectivity index (χ4v) is 2.96. The summed E-state index contributed by atoms with van der Waals surface area (Å²) >= 11 is 0. The Hall–Kier alpha value is -3.55. The first kappa shape index (κ1) is 21.2. The van der Waals surface area contributed by atoms with E-state index in [1.54, 1.807) is 36.4 Å². The van der Waals surface area contributed by atoms with E-state index in [2.05, 4.69) is 15.2 Å². The van der Waals surface area contributed by atoms with Gasteiger partial charge in [0.1, 0.15) is 18.1 Å². The van der Waals surface area contributed by atoms with E-state index in [9.17, 15) is 9.59 Å². The summed E-state index contributed by atoms with van der Waals surface area (Å²) in [5.41, 5.74) is 2.54. The number of furan rings is 1. The first-order valence-electron chi connectivity index (χ1n) is 9.65. The molecule has 0 atom stereocenters. The van der Waals surface area contributed by atoms with Crippen LogP contribution in [-0.4, -0.2) is 35.3 Å². The molecule has 1 N–H and O–H groups in total. The van der Waals surface area contributed by atoms with Crippen LogP contribution in [0.3, 0.4) is 0 Å². The number of ether oxygens (including phenoxy) is 2. The highest BCUT2D eigenvalue weighted by Crippen LogP contribution is 2.16. The zero-order valence-electron chi connectivity index (χ0n) is 17.3. The molecule has 30 heavy (non-hydrogen) atoms. The Labute approximate surface area is 174 Å².